The minimum absolute atomic E-state index is 0. The monoisotopic (exact) mass is 648 g/mol. The summed E-state index contributed by atoms with van der Waals surface area (Å²) in [6, 6.07) is 3.82. The maximum atomic E-state index is 6.49. The zero-order chi connectivity index (χ0) is 33.4. The van der Waals surface area contributed by atoms with Crippen molar-refractivity contribution in [2.75, 3.05) is 82.3 Å². The highest BCUT2D eigenvalue weighted by Gasteiger charge is 2.32. The van der Waals surface area contributed by atoms with Gasteiger partial charge in [0.2, 0.25) is 0 Å². The van der Waals surface area contributed by atoms with Crippen LogP contribution in [0.15, 0.2) is 9.98 Å². The van der Waals surface area contributed by atoms with Crippen LogP contribution >= 0.6 is 12.4 Å². The number of quaternary nitrogens is 1. The maximum Gasteiger partial charge on any atom is 0.338 e. The lowest BCUT2D eigenvalue weighted by Gasteiger charge is -2.34. The summed E-state index contributed by atoms with van der Waals surface area (Å²) in [6.45, 7) is 9.72. The van der Waals surface area contributed by atoms with Crippen molar-refractivity contribution in [2.24, 2.45) is 9.98 Å². The molecule has 3 rings (SSSR count). The number of piperidine rings is 1. The fourth-order valence-electron chi connectivity index (χ4n) is 3.41. The van der Waals surface area contributed by atoms with Crippen LogP contribution in [0.3, 0.4) is 0 Å². The van der Waals surface area contributed by atoms with Crippen LogP contribution in [0.5, 0.6) is 24.0 Å². The van der Waals surface area contributed by atoms with E-state index in [0.717, 1.165) is 49.6 Å². The summed E-state index contributed by atoms with van der Waals surface area (Å²) >= 11 is 0. The highest BCUT2D eigenvalue weighted by molar-refractivity contribution is 5.85. The van der Waals surface area contributed by atoms with Crippen LogP contribution in [-0.4, -0.2) is 123 Å². The van der Waals surface area contributed by atoms with Gasteiger partial charge < -0.3 is 23.8 Å². The summed E-state index contributed by atoms with van der Waals surface area (Å²) < 4.78 is 33.5. The molecule has 1 aliphatic heterocycles. The van der Waals surface area contributed by atoms with Crippen molar-refractivity contribution in [3.63, 3.8) is 0 Å². The van der Waals surface area contributed by atoms with E-state index in [1.807, 2.05) is 13.8 Å². The molecule has 0 amide bonds. The molecule has 1 saturated heterocycles. The van der Waals surface area contributed by atoms with Crippen molar-refractivity contribution < 1.29 is 21.7 Å². The third-order valence-corrected chi connectivity index (χ3v) is 5.48. The molecule has 1 aliphatic rings. The Balaban J connectivity index is -0.000000567. The molecule has 3 heterocycles. The molecule has 2 aromatic heterocycles. The summed E-state index contributed by atoms with van der Waals surface area (Å²) in [5.41, 5.74) is 0. The Hall–Kier alpha value is -3.19. The highest BCUT2D eigenvalue weighted by Crippen LogP contribution is 2.25. The van der Waals surface area contributed by atoms with Gasteiger partial charge in [0.05, 0.1) is 61.1 Å². The molecule has 0 spiro atoms. The van der Waals surface area contributed by atoms with Gasteiger partial charge in [-0.25, -0.2) is 9.98 Å². The second-order valence-corrected chi connectivity index (χ2v) is 9.39. The number of aryl methyl sites for hydroxylation is 1. The van der Waals surface area contributed by atoms with E-state index in [-0.39, 0.29) is 31.9 Å². The van der Waals surface area contributed by atoms with Crippen molar-refractivity contribution >= 4 is 24.4 Å². The molecule has 1 fully saturated rings. The average Bonchev–Trinajstić information content (AvgIpc) is 3.03. The molecule has 0 bridgehead atoms. The molecule has 15 heteroatoms. The standard InChI is InChI=1S/C11H19N4O2.C8H17N3.C6H9N3O2.C3H8.CH4.ClH/c1-15(7-5-4-6-8-15)9-12-10(16-2)14-11(13-9)17-3;1-4-9-8-10-6-5-7-11(2)3;1-4-7-5(10-2)9-6(8-4)11-3;1-3-2;;/h4-8H2,1-3H3;4-7H2,1-3H3;1-3H3;3H2,1-2H3;1H4;1H/q+1;;;;;/i;;;1TD;;. The molecule has 0 saturated carbocycles. The van der Waals surface area contributed by atoms with E-state index in [9.17, 15) is 0 Å². The molecular weight excluding hydrogens is 588 g/mol. The van der Waals surface area contributed by atoms with Crippen LogP contribution in [-0.2, 0) is 0 Å². The SMILES string of the molecule is C.CCN=C=NCCCN(C)C.COc1nc(C)nc(OC)n1.COc1nc(OC)nc([N+]2(C)CCCCC2)n1.Cl.[2H]C([3H])CC. The number of halogens is 1. The number of hydrogen-bond acceptors (Lipinski definition) is 13. The fourth-order valence-corrected chi connectivity index (χ4v) is 3.41. The van der Waals surface area contributed by atoms with Gasteiger partial charge in [-0.1, -0.05) is 27.6 Å². The van der Waals surface area contributed by atoms with Gasteiger partial charge in [0.1, 0.15) is 5.82 Å². The number of aliphatic imine (C=N–C) groups is 2. The molecule has 254 valence electrons. The van der Waals surface area contributed by atoms with E-state index in [1.165, 1.54) is 33.5 Å². The van der Waals surface area contributed by atoms with Gasteiger partial charge in [0, 0.05) is 9.29 Å². The number of nitrogens with zero attached hydrogens (tertiary/aromatic N) is 10. The summed E-state index contributed by atoms with van der Waals surface area (Å²) in [6.07, 6.45) is 5.41. The van der Waals surface area contributed by atoms with Crippen molar-refractivity contribution in [3.05, 3.63) is 5.82 Å². The molecule has 1 atom stereocenters. The number of rotatable bonds is 10. The second kappa shape index (κ2) is 27.4. The Morgan fingerprint density at radius 1 is 0.864 bits per heavy atom. The van der Waals surface area contributed by atoms with Crippen LogP contribution < -0.4 is 23.4 Å². The number of aromatic nitrogens is 6. The van der Waals surface area contributed by atoms with E-state index >= 15 is 0 Å². The zero-order valence-corrected chi connectivity index (χ0v) is 28.5. The Bertz CT molecular complexity index is 1060. The average molecular weight is 649 g/mol. The van der Waals surface area contributed by atoms with Gasteiger partial charge in [-0.3, -0.25) is 4.48 Å². The van der Waals surface area contributed by atoms with Gasteiger partial charge in [0.15, 0.2) is 0 Å². The molecule has 2 aromatic rings. The maximum absolute atomic E-state index is 6.49. The Kier molecular flexibility index (Phi) is 25.4. The first-order valence-corrected chi connectivity index (χ1v) is 14.0. The lowest BCUT2D eigenvalue weighted by Crippen LogP contribution is -2.50. The van der Waals surface area contributed by atoms with Crippen molar-refractivity contribution in [1.82, 2.24) is 39.3 Å². The molecule has 14 nitrogen and oxygen atoms in total. The van der Waals surface area contributed by atoms with Crippen LogP contribution in [0.4, 0.5) is 5.95 Å². The van der Waals surface area contributed by atoms with Crippen LogP contribution in [0, 0.1) is 6.92 Å². The van der Waals surface area contributed by atoms with Gasteiger partial charge in [-0.2, -0.15) is 9.97 Å². The van der Waals surface area contributed by atoms with E-state index < -0.39 is 6.88 Å². The summed E-state index contributed by atoms with van der Waals surface area (Å²) in [7, 11) is 12.4. The Morgan fingerprint density at radius 2 is 1.32 bits per heavy atom. The van der Waals surface area contributed by atoms with E-state index in [1.54, 1.807) is 21.1 Å². The zero-order valence-electron chi connectivity index (χ0n) is 29.7. The van der Waals surface area contributed by atoms with Crippen LogP contribution in [0.25, 0.3) is 0 Å². The first-order chi connectivity index (χ1) is 21.0. The predicted octanol–water partition coefficient (Wildman–Crippen LogP) is 4.81. The molecule has 44 heavy (non-hydrogen) atoms. The Labute approximate surface area is 274 Å². The normalized spacial score (nSPS) is 13.7. The molecular formula is C29H58ClN10O4+. The number of methoxy groups -OCH3 is 4. The first kappa shape index (κ1) is 40.8. The largest absolute Gasteiger partial charge is 0.467 e. The van der Waals surface area contributed by atoms with Gasteiger partial charge in [0.25, 0.3) is 0 Å². The van der Waals surface area contributed by atoms with Gasteiger partial charge >= 0.3 is 30.0 Å². The second-order valence-electron chi connectivity index (χ2n) is 9.39. The number of hydrogen-bond donors (Lipinski definition) is 0. The summed E-state index contributed by atoms with van der Waals surface area (Å²) in [5, 5.41) is 0. The van der Waals surface area contributed by atoms with Gasteiger partial charge in [-0.05, 0) is 60.2 Å². The van der Waals surface area contributed by atoms with Crippen molar-refractivity contribution in [1.29, 1.82) is 0 Å². The fraction of sp³-hybridized carbons (Fsp3) is 0.759. The molecule has 0 aliphatic carbocycles. The van der Waals surface area contributed by atoms with Crippen LogP contribution in [0.1, 0.15) is 68.8 Å². The lowest BCUT2D eigenvalue weighted by atomic mass is 10.1. The van der Waals surface area contributed by atoms with Crippen molar-refractivity contribution in [3.8, 4) is 24.0 Å². The highest BCUT2D eigenvalue weighted by atomic mass is 35.5. The number of ether oxygens (including phenoxy) is 4. The van der Waals surface area contributed by atoms with E-state index in [0.29, 0.717) is 24.3 Å². The smallest absolute Gasteiger partial charge is 0.338 e. The first-order valence-electron chi connectivity index (χ1n) is 15.2. The third-order valence-electron chi connectivity index (χ3n) is 5.48. The van der Waals surface area contributed by atoms with Gasteiger partial charge in [-0.15, -0.1) is 32.3 Å². The minimum Gasteiger partial charge on any atom is -0.467 e. The van der Waals surface area contributed by atoms with Crippen LogP contribution in [0.2, 0.25) is 0 Å². The molecule has 1 unspecified atom stereocenters. The summed E-state index contributed by atoms with van der Waals surface area (Å²) in [5.74, 6) is 1.31. The Morgan fingerprint density at radius 3 is 1.70 bits per heavy atom. The molecule has 0 N–H and O–H groups in total. The van der Waals surface area contributed by atoms with E-state index in [2.05, 4.69) is 71.9 Å². The molecule has 0 radical (unpaired) electrons. The van der Waals surface area contributed by atoms with E-state index in [4.69, 9.17) is 21.7 Å². The number of likely N-dealkylation sites (tertiary alicyclic amines) is 1. The quantitative estimate of drug-likeness (QED) is 0.199. The topological polar surface area (TPSA) is 142 Å². The molecule has 0 aromatic carbocycles. The summed E-state index contributed by atoms with van der Waals surface area (Å²) in [4.78, 5) is 34.3. The lowest BCUT2D eigenvalue weighted by molar-refractivity contribution is 0.250. The van der Waals surface area contributed by atoms with Crippen molar-refractivity contribution in [2.45, 2.75) is 67.2 Å². The third kappa shape index (κ3) is 19.9. The predicted molar refractivity (Wildman–Crippen MR) is 180 cm³/mol. The minimum atomic E-state index is -0.616.